The fourth-order valence-electron chi connectivity index (χ4n) is 6.45. The molecule has 0 unspecified atom stereocenters. The second-order valence-electron chi connectivity index (χ2n) is 10.8. The number of esters is 2. The molecule has 0 radical (unpaired) electrons. The van der Waals surface area contributed by atoms with Gasteiger partial charge in [-0.05, 0) is 73.7 Å². The van der Waals surface area contributed by atoms with Crippen LogP contribution >= 0.6 is 0 Å². The van der Waals surface area contributed by atoms with Crippen LogP contribution in [0.25, 0.3) is 6.08 Å². The summed E-state index contributed by atoms with van der Waals surface area (Å²) in [6.45, 7) is 8.67. The van der Waals surface area contributed by atoms with Crippen LogP contribution in [0.15, 0.2) is 67.3 Å². The lowest BCUT2D eigenvalue weighted by atomic mass is 9.55. The molecule has 2 aromatic rings. The summed E-state index contributed by atoms with van der Waals surface area (Å²) in [7, 11) is 1.80. The number of likely N-dealkylation sites (N-methyl/N-ethyl adjacent to an activating group) is 1. The van der Waals surface area contributed by atoms with E-state index in [2.05, 4.69) is 11.5 Å². The Kier molecular flexibility index (Phi) is 8.79. The van der Waals surface area contributed by atoms with E-state index in [4.69, 9.17) is 9.47 Å². The van der Waals surface area contributed by atoms with Crippen LogP contribution in [-0.4, -0.2) is 71.1 Å². The minimum Gasteiger partial charge on any atom is -0.508 e. The Labute approximate surface area is 235 Å². The average Bonchev–Trinajstić information content (AvgIpc) is 2.90. The number of phenols is 1. The first kappa shape index (κ1) is 29.1. The van der Waals surface area contributed by atoms with Gasteiger partial charge in [0, 0.05) is 51.5 Å². The highest BCUT2D eigenvalue weighted by atomic mass is 16.6. The maximum atomic E-state index is 13.3. The van der Waals surface area contributed by atoms with Gasteiger partial charge in [-0.3, -0.25) is 19.3 Å². The predicted molar refractivity (Wildman–Crippen MR) is 153 cm³/mol. The molecular formula is C32H38N2O6. The number of carbonyl (C=O) groups excluding carboxylic acids is 3. The van der Waals surface area contributed by atoms with E-state index in [0.29, 0.717) is 44.5 Å². The number of benzene rings is 2. The topological polar surface area (TPSA) is 96.4 Å². The first-order valence-corrected chi connectivity index (χ1v) is 13.6. The molecule has 4 rings (SSSR count). The van der Waals surface area contributed by atoms with E-state index in [1.807, 2.05) is 30.3 Å². The number of hydrogen-bond acceptors (Lipinski definition) is 7. The van der Waals surface area contributed by atoms with Crippen molar-refractivity contribution in [3.63, 3.8) is 0 Å². The Morgan fingerprint density at radius 2 is 1.90 bits per heavy atom. The fraction of sp³-hybridized carbons (Fsp3) is 0.406. The zero-order valence-electron chi connectivity index (χ0n) is 23.5. The van der Waals surface area contributed by atoms with Gasteiger partial charge in [0.2, 0.25) is 5.91 Å². The lowest BCUT2D eigenvalue weighted by molar-refractivity contribution is -0.189. The molecule has 1 aliphatic carbocycles. The molecule has 1 saturated carbocycles. The van der Waals surface area contributed by atoms with E-state index in [-0.39, 0.29) is 23.7 Å². The number of rotatable bonds is 8. The summed E-state index contributed by atoms with van der Waals surface area (Å²) in [6.07, 6.45) is 7.55. The largest absolute Gasteiger partial charge is 0.508 e. The average molecular weight is 547 g/mol. The summed E-state index contributed by atoms with van der Waals surface area (Å²) >= 11 is 0. The number of fused-ring (bicyclic) bond motifs is 1. The minimum atomic E-state index is -0.827. The summed E-state index contributed by atoms with van der Waals surface area (Å²) in [5.41, 5.74) is 0.213. The number of nitrogens with zero attached hydrogens (tertiary/aromatic N) is 2. The van der Waals surface area contributed by atoms with Gasteiger partial charge in [0.25, 0.3) is 0 Å². The normalized spacial score (nSPS) is 24.6. The van der Waals surface area contributed by atoms with Crippen LogP contribution in [0.1, 0.15) is 50.7 Å². The lowest BCUT2D eigenvalue weighted by Crippen LogP contribution is -2.68. The van der Waals surface area contributed by atoms with Crippen molar-refractivity contribution in [2.75, 3.05) is 26.7 Å². The van der Waals surface area contributed by atoms with Gasteiger partial charge in [-0.1, -0.05) is 30.3 Å². The van der Waals surface area contributed by atoms with Crippen LogP contribution in [0, 0.1) is 0 Å². The second-order valence-corrected chi connectivity index (χ2v) is 10.8. The summed E-state index contributed by atoms with van der Waals surface area (Å²) in [5, 5.41) is 9.74. The molecule has 40 heavy (non-hydrogen) atoms. The van der Waals surface area contributed by atoms with E-state index in [1.54, 1.807) is 42.3 Å². The van der Waals surface area contributed by atoms with Crippen molar-refractivity contribution in [1.82, 2.24) is 9.80 Å². The standard InChI is InChI=1S/C32H38N2O6/c1-5-17-34-18-16-31(26-9-7-11-29(20-26)39-23(2)35)21-27(14-15-32(31,22-34)40-24(3)36)33(4)30(38)13-12-25-8-6-10-28(37)19-25/h5-13,19-20,27,37H,1,14-18,21-22H2,2-4H3/t27-,31-,32-/m0/s1. The van der Waals surface area contributed by atoms with E-state index in [0.717, 1.165) is 17.7 Å². The number of ether oxygens (including phenoxy) is 2. The number of piperidine rings is 1. The third-order valence-electron chi connectivity index (χ3n) is 8.23. The third kappa shape index (κ3) is 6.12. The van der Waals surface area contributed by atoms with Crippen LogP contribution in [0.3, 0.4) is 0 Å². The van der Waals surface area contributed by atoms with Gasteiger partial charge in [-0.2, -0.15) is 0 Å². The van der Waals surface area contributed by atoms with Crippen LogP contribution in [0.5, 0.6) is 11.5 Å². The van der Waals surface area contributed by atoms with Crippen LogP contribution in [0.4, 0.5) is 0 Å². The van der Waals surface area contributed by atoms with Crippen LogP contribution in [0.2, 0.25) is 0 Å². The quantitative estimate of drug-likeness (QED) is 0.226. The molecule has 0 bridgehead atoms. The Bertz CT molecular complexity index is 1310. The molecule has 0 aromatic heterocycles. The number of phenolic OH excluding ortho intramolecular Hbond substituents is 1. The van der Waals surface area contributed by atoms with Crippen molar-refractivity contribution in [1.29, 1.82) is 0 Å². The highest BCUT2D eigenvalue weighted by Gasteiger charge is 2.61. The van der Waals surface area contributed by atoms with E-state index in [9.17, 15) is 19.5 Å². The van der Waals surface area contributed by atoms with Gasteiger partial charge in [0.15, 0.2) is 0 Å². The summed E-state index contributed by atoms with van der Waals surface area (Å²) in [4.78, 5) is 41.6. The van der Waals surface area contributed by atoms with Gasteiger partial charge in [-0.25, -0.2) is 0 Å². The van der Waals surface area contributed by atoms with Crippen molar-refractivity contribution in [2.24, 2.45) is 0 Å². The molecule has 1 saturated heterocycles. The Morgan fingerprint density at radius 1 is 1.12 bits per heavy atom. The Morgan fingerprint density at radius 3 is 2.60 bits per heavy atom. The summed E-state index contributed by atoms with van der Waals surface area (Å²) in [5.74, 6) is -0.339. The molecular weight excluding hydrogens is 508 g/mol. The molecule has 8 nitrogen and oxygen atoms in total. The SMILES string of the molecule is C=CCN1CC[C@@]2(c3cccc(OC(C)=O)c3)C[C@@H](N(C)C(=O)C=Cc3cccc(O)c3)CC[C@]2(OC(C)=O)C1. The molecule has 1 aliphatic heterocycles. The molecule has 8 heteroatoms. The van der Waals surface area contributed by atoms with Crippen molar-refractivity contribution < 1.29 is 29.0 Å². The lowest BCUT2D eigenvalue weighted by Gasteiger charge is -2.60. The highest BCUT2D eigenvalue weighted by molar-refractivity contribution is 5.91. The molecule has 212 valence electrons. The molecule has 2 fully saturated rings. The highest BCUT2D eigenvalue weighted by Crippen LogP contribution is 2.54. The van der Waals surface area contributed by atoms with E-state index < -0.39 is 17.0 Å². The van der Waals surface area contributed by atoms with Crippen LogP contribution < -0.4 is 4.74 Å². The smallest absolute Gasteiger partial charge is 0.308 e. The summed E-state index contributed by atoms with van der Waals surface area (Å²) < 4.78 is 11.7. The van der Waals surface area contributed by atoms with Crippen molar-refractivity contribution in [3.8, 4) is 11.5 Å². The van der Waals surface area contributed by atoms with Gasteiger partial charge in [0.05, 0.1) is 0 Å². The molecule has 1 amide bonds. The van der Waals surface area contributed by atoms with Gasteiger partial charge in [0.1, 0.15) is 17.1 Å². The second kappa shape index (κ2) is 12.1. The van der Waals surface area contributed by atoms with Crippen LogP contribution in [-0.2, 0) is 24.5 Å². The number of aromatic hydroxyl groups is 1. The molecule has 3 atom stereocenters. The van der Waals surface area contributed by atoms with E-state index >= 15 is 0 Å². The third-order valence-corrected chi connectivity index (χ3v) is 8.23. The maximum absolute atomic E-state index is 13.3. The monoisotopic (exact) mass is 546 g/mol. The Balaban J connectivity index is 1.71. The van der Waals surface area contributed by atoms with Gasteiger partial charge in [-0.15, -0.1) is 6.58 Å². The van der Waals surface area contributed by atoms with Crippen molar-refractivity contribution >= 4 is 23.9 Å². The van der Waals surface area contributed by atoms with Crippen molar-refractivity contribution in [2.45, 2.75) is 56.6 Å². The van der Waals surface area contributed by atoms with Crippen molar-refractivity contribution in [3.05, 3.63) is 78.4 Å². The first-order valence-electron chi connectivity index (χ1n) is 13.6. The number of carbonyl (C=O) groups is 3. The molecule has 1 heterocycles. The molecule has 2 aromatic carbocycles. The molecule has 2 aliphatic rings. The maximum Gasteiger partial charge on any atom is 0.308 e. The fourth-order valence-corrected chi connectivity index (χ4v) is 6.45. The minimum absolute atomic E-state index is 0.117. The van der Waals surface area contributed by atoms with Gasteiger partial charge < -0.3 is 19.5 Å². The first-order chi connectivity index (χ1) is 19.1. The zero-order valence-corrected chi connectivity index (χ0v) is 23.5. The van der Waals surface area contributed by atoms with E-state index in [1.165, 1.54) is 19.9 Å². The molecule has 1 N–H and O–H groups in total. The Hall–Kier alpha value is -3.91. The predicted octanol–water partition coefficient (Wildman–Crippen LogP) is 4.47. The van der Waals surface area contributed by atoms with Gasteiger partial charge >= 0.3 is 11.9 Å². The molecule has 0 spiro atoms. The summed E-state index contributed by atoms with van der Waals surface area (Å²) in [6, 6.07) is 14.1. The number of likely N-dealkylation sites (tertiary alicyclic amines) is 1. The number of hydrogen-bond donors (Lipinski definition) is 1. The number of amides is 1. The zero-order chi connectivity index (χ0) is 28.9.